The highest BCUT2D eigenvalue weighted by molar-refractivity contribution is 5.12. The van der Waals surface area contributed by atoms with Gasteiger partial charge in [-0.25, -0.2) is 0 Å². The predicted molar refractivity (Wildman–Crippen MR) is 59.2 cm³/mol. The van der Waals surface area contributed by atoms with Crippen LogP contribution in [0.2, 0.25) is 0 Å². The van der Waals surface area contributed by atoms with Crippen LogP contribution in [0.4, 0.5) is 0 Å². The monoisotopic (exact) mass is 193 g/mol. The summed E-state index contributed by atoms with van der Waals surface area (Å²) in [5.41, 5.74) is 8.93. The summed E-state index contributed by atoms with van der Waals surface area (Å²) in [7, 11) is 0. The highest BCUT2D eigenvalue weighted by Crippen LogP contribution is 2.07. The molecule has 1 aromatic rings. The van der Waals surface area contributed by atoms with Crippen LogP contribution in [-0.2, 0) is 19.4 Å². The number of hydrogen-bond acceptors (Lipinski definition) is 2. The number of nitrogens with two attached hydrogens (primary N) is 1. The van der Waals surface area contributed by atoms with Gasteiger partial charge in [0.15, 0.2) is 0 Å². The van der Waals surface area contributed by atoms with E-state index in [2.05, 4.69) is 31.6 Å². The predicted octanol–water partition coefficient (Wildman–Crippen LogP) is 1.52. The second-order valence-electron chi connectivity index (χ2n) is 3.45. The van der Waals surface area contributed by atoms with Crippen molar-refractivity contribution in [2.24, 2.45) is 5.73 Å². The molecule has 0 spiro atoms. The Balaban J connectivity index is 2.83. The molecule has 0 saturated heterocycles. The molecule has 0 unspecified atom stereocenters. The summed E-state index contributed by atoms with van der Waals surface area (Å²) in [4.78, 5) is 0. The van der Waals surface area contributed by atoms with Gasteiger partial charge >= 0.3 is 0 Å². The molecule has 2 N–H and O–H groups in total. The zero-order valence-electron chi connectivity index (χ0n) is 9.08. The molecule has 0 aliphatic heterocycles. The van der Waals surface area contributed by atoms with Crippen molar-refractivity contribution in [3.8, 4) is 0 Å². The minimum absolute atomic E-state index is 0.532. The first-order valence-corrected chi connectivity index (χ1v) is 5.13. The lowest BCUT2D eigenvalue weighted by atomic mass is 10.2. The minimum atomic E-state index is 0.532. The Labute approximate surface area is 85.6 Å². The zero-order valence-corrected chi connectivity index (χ0v) is 9.08. The van der Waals surface area contributed by atoms with Crippen molar-refractivity contribution in [1.29, 1.82) is 0 Å². The Morgan fingerprint density at radius 2 is 2.21 bits per heavy atom. The third-order valence-electron chi connectivity index (χ3n) is 2.30. The van der Waals surface area contributed by atoms with E-state index in [-0.39, 0.29) is 0 Å². The molecular formula is C11H19N3. The smallest absolute Gasteiger partial charge is 0.0632 e. The van der Waals surface area contributed by atoms with Gasteiger partial charge in [-0.2, -0.15) is 5.10 Å². The summed E-state index contributed by atoms with van der Waals surface area (Å²) in [5.74, 6) is 0. The molecule has 14 heavy (non-hydrogen) atoms. The van der Waals surface area contributed by atoms with E-state index in [1.165, 1.54) is 5.69 Å². The first kappa shape index (κ1) is 11.0. The molecular weight excluding hydrogens is 174 g/mol. The van der Waals surface area contributed by atoms with Crippen LogP contribution < -0.4 is 5.73 Å². The number of aryl methyl sites for hydroxylation is 2. The molecule has 0 radical (unpaired) electrons. The highest BCUT2D eigenvalue weighted by Gasteiger charge is 2.05. The van der Waals surface area contributed by atoms with Crippen LogP contribution in [0.3, 0.4) is 0 Å². The molecule has 0 amide bonds. The van der Waals surface area contributed by atoms with Gasteiger partial charge in [0.1, 0.15) is 0 Å². The highest BCUT2D eigenvalue weighted by atomic mass is 15.3. The molecule has 0 aromatic carbocycles. The molecule has 78 valence electrons. The molecule has 0 fully saturated rings. The topological polar surface area (TPSA) is 43.8 Å². The molecule has 0 saturated carbocycles. The Morgan fingerprint density at radius 3 is 2.71 bits per heavy atom. The maximum Gasteiger partial charge on any atom is 0.0632 e. The van der Waals surface area contributed by atoms with E-state index in [4.69, 9.17) is 5.73 Å². The van der Waals surface area contributed by atoms with Crippen LogP contribution in [-0.4, -0.2) is 16.3 Å². The molecule has 0 aliphatic carbocycles. The maximum atomic E-state index is 5.51. The molecule has 3 nitrogen and oxygen atoms in total. The Hall–Kier alpha value is -1.09. The fraction of sp³-hybridized carbons (Fsp3) is 0.545. The molecule has 0 atom stereocenters. The fourth-order valence-corrected chi connectivity index (χ4v) is 1.39. The van der Waals surface area contributed by atoms with E-state index >= 15 is 0 Å². The van der Waals surface area contributed by atoms with Gasteiger partial charge in [-0.05, 0) is 24.5 Å². The quantitative estimate of drug-likeness (QED) is 0.721. The van der Waals surface area contributed by atoms with Gasteiger partial charge in [0.2, 0.25) is 0 Å². The van der Waals surface area contributed by atoms with Gasteiger partial charge in [0.05, 0.1) is 12.2 Å². The number of hydrogen-bond donors (Lipinski definition) is 1. The lowest BCUT2D eigenvalue weighted by molar-refractivity contribution is 0.628. The number of aromatic nitrogens is 2. The van der Waals surface area contributed by atoms with Gasteiger partial charge in [-0.1, -0.05) is 20.4 Å². The molecule has 3 heteroatoms. The number of nitrogens with zero attached hydrogens (tertiary/aromatic N) is 2. The minimum Gasteiger partial charge on any atom is -0.327 e. The van der Waals surface area contributed by atoms with Crippen molar-refractivity contribution in [3.63, 3.8) is 0 Å². The molecule has 0 bridgehead atoms. The Bertz CT molecular complexity index is 312. The molecule has 1 heterocycles. The van der Waals surface area contributed by atoms with Crippen molar-refractivity contribution in [1.82, 2.24) is 9.78 Å². The zero-order chi connectivity index (χ0) is 10.6. The van der Waals surface area contributed by atoms with Crippen molar-refractivity contribution >= 4 is 0 Å². The summed E-state index contributed by atoms with van der Waals surface area (Å²) in [5, 5.41) is 4.49. The summed E-state index contributed by atoms with van der Waals surface area (Å²) < 4.78 is 2.01. The number of rotatable bonds is 5. The second-order valence-corrected chi connectivity index (χ2v) is 3.45. The van der Waals surface area contributed by atoms with Gasteiger partial charge < -0.3 is 5.73 Å². The fourth-order valence-electron chi connectivity index (χ4n) is 1.39. The van der Waals surface area contributed by atoms with Gasteiger partial charge in [0.25, 0.3) is 0 Å². The Kier molecular flexibility index (Phi) is 3.89. The van der Waals surface area contributed by atoms with Gasteiger partial charge in [-0.3, -0.25) is 4.68 Å². The van der Waals surface area contributed by atoms with Gasteiger partial charge in [-0.15, -0.1) is 0 Å². The SMILES string of the molecule is C=C(CN)Cn1nc(CC)cc1CC. The van der Waals surface area contributed by atoms with Crippen molar-refractivity contribution in [3.05, 3.63) is 29.6 Å². The van der Waals surface area contributed by atoms with Crippen LogP contribution in [0.1, 0.15) is 25.2 Å². The first-order valence-electron chi connectivity index (χ1n) is 5.13. The van der Waals surface area contributed by atoms with Gasteiger partial charge in [0, 0.05) is 12.2 Å². The van der Waals surface area contributed by atoms with E-state index in [0.717, 1.165) is 30.7 Å². The summed E-state index contributed by atoms with van der Waals surface area (Å²) in [6.07, 6.45) is 1.99. The normalized spacial score (nSPS) is 10.5. The molecule has 1 aromatic heterocycles. The largest absolute Gasteiger partial charge is 0.327 e. The van der Waals surface area contributed by atoms with Crippen molar-refractivity contribution in [2.75, 3.05) is 6.54 Å². The molecule has 0 aliphatic rings. The van der Waals surface area contributed by atoms with E-state index in [1.54, 1.807) is 0 Å². The van der Waals surface area contributed by atoms with E-state index in [0.29, 0.717) is 6.54 Å². The van der Waals surface area contributed by atoms with Crippen LogP contribution in [0.15, 0.2) is 18.2 Å². The first-order chi connectivity index (χ1) is 6.71. The summed E-state index contributed by atoms with van der Waals surface area (Å²) in [6.45, 7) is 9.43. The average Bonchev–Trinajstić information content (AvgIpc) is 2.60. The third kappa shape index (κ3) is 2.45. The summed E-state index contributed by atoms with van der Waals surface area (Å²) >= 11 is 0. The second kappa shape index (κ2) is 4.96. The summed E-state index contributed by atoms with van der Waals surface area (Å²) in [6, 6.07) is 2.16. The molecule has 1 rings (SSSR count). The standard InChI is InChI=1S/C11H19N3/c1-4-10-6-11(5-2)14(13-10)8-9(3)7-12/h6H,3-5,7-8,12H2,1-2H3. The van der Waals surface area contributed by atoms with Crippen LogP contribution >= 0.6 is 0 Å². The van der Waals surface area contributed by atoms with E-state index in [9.17, 15) is 0 Å². The lowest BCUT2D eigenvalue weighted by Crippen LogP contribution is -2.12. The van der Waals surface area contributed by atoms with Crippen molar-refractivity contribution in [2.45, 2.75) is 33.2 Å². The van der Waals surface area contributed by atoms with Crippen LogP contribution in [0, 0.1) is 0 Å². The maximum absolute atomic E-state index is 5.51. The van der Waals surface area contributed by atoms with E-state index in [1.807, 2.05) is 4.68 Å². The third-order valence-corrected chi connectivity index (χ3v) is 2.30. The Morgan fingerprint density at radius 1 is 1.50 bits per heavy atom. The van der Waals surface area contributed by atoms with E-state index < -0.39 is 0 Å². The van der Waals surface area contributed by atoms with Crippen molar-refractivity contribution < 1.29 is 0 Å². The lowest BCUT2D eigenvalue weighted by Gasteiger charge is -2.06. The van der Waals surface area contributed by atoms with Crippen LogP contribution in [0.25, 0.3) is 0 Å². The van der Waals surface area contributed by atoms with Crippen LogP contribution in [0.5, 0.6) is 0 Å². The average molecular weight is 193 g/mol.